The van der Waals surface area contributed by atoms with Gasteiger partial charge in [0.25, 0.3) is 0 Å². The van der Waals surface area contributed by atoms with Gasteiger partial charge in [0.05, 0.1) is 6.61 Å². The first kappa shape index (κ1) is 23.3. The summed E-state index contributed by atoms with van der Waals surface area (Å²) in [6.07, 6.45) is -4.85. The average Bonchev–Trinajstić information content (AvgIpc) is 2.78. The van der Waals surface area contributed by atoms with Gasteiger partial charge >= 0.3 is 29.6 Å². The third-order valence-electron chi connectivity index (χ3n) is 3.23. The van der Waals surface area contributed by atoms with Crippen LogP contribution in [0.2, 0.25) is 0 Å². The Kier molecular flexibility index (Phi) is 7.32. The van der Waals surface area contributed by atoms with E-state index in [1.54, 1.807) is 0 Å². The van der Waals surface area contributed by atoms with Crippen LogP contribution in [0.15, 0.2) is 17.1 Å². The van der Waals surface area contributed by atoms with E-state index in [0.717, 1.165) is 10.8 Å². The zero-order chi connectivity index (χ0) is 21.3. The van der Waals surface area contributed by atoms with Crippen LogP contribution >= 0.6 is 23.9 Å². The fourth-order valence-electron chi connectivity index (χ4n) is 2.14. The molecule has 16 nitrogen and oxygen atoms in total. The van der Waals surface area contributed by atoms with Crippen LogP contribution in [-0.2, 0) is 31.6 Å². The maximum absolute atomic E-state index is 11.8. The summed E-state index contributed by atoms with van der Waals surface area (Å²) in [5.41, 5.74) is 4.46. The lowest BCUT2D eigenvalue weighted by Gasteiger charge is -2.17. The van der Waals surface area contributed by atoms with Crippen molar-refractivity contribution in [1.82, 2.24) is 9.55 Å². The van der Waals surface area contributed by atoms with E-state index in [4.69, 9.17) is 25.2 Å². The minimum atomic E-state index is -5.41. The summed E-state index contributed by atoms with van der Waals surface area (Å²) in [6.45, 7) is -0.750. The number of hydrogen-bond acceptors (Lipinski definition) is 12. The molecule has 6 atom stereocenters. The smallest absolute Gasteiger partial charge is 0.387 e. The Hall–Kier alpha value is -0.990. The highest BCUT2D eigenvalue weighted by atomic mass is 31.3. The quantitative estimate of drug-likeness (QED) is 0.228. The first-order valence-electron chi connectivity index (χ1n) is 7.11. The van der Waals surface area contributed by atoms with Crippen LogP contribution in [0.1, 0.15) is 6.23 Å². The highest BCUT2D eigenvalue weighted by Crippen LogP contribution is 2.61. The predicted molar refractivity (Wildman–Crippen MR) is 87.8 cm³/mol. The molecule has 0 saturated carbocycles. The lowest BCUT2D eigenvalue weighted by molar-refractivity contribution is -0.0516. The van der Waals surface area contributed by atoms with Gasteiger partial charge in [-0.3, -0.25) is 9.13 Å². The zero-order valence-electron chi connectivity index (χ0n) is 13.5. The molecule has 0 aliphatic carbocycles. The zero-order valence-corrected chi connectivity index (χ0v) is 16.3. The average molecular weight is 467 g/mol. The van der Waals surface area contributed by atoms with Crippen LogP contribution < -0.4 is 11.4 Å². The lowest BCUT2D eigenvalue weighted by Crippen LogP contribution is -2.36. The number of aliphatic hydroxyl groups is 2. The van der Waals surface area contributed by atoms with Crippen LogP contribution in [0.4, 0.5) is 5.82 Å². The van der Waals surface area contributed by atoms with Crippen molar-refractivity contribution in [2.24, 2.45) is 0 Å². The van der Waals surface area contributed by atoms with Gasteiger partial charge in [0.1, 0.15) is 24.1 Å². The van der Waals surface area contributed by atoms with E-state index in [9.17, 15) is 28.7 Å². The normalized spacial score (nSPS) is 28.8. The molecule has 2 heterocycles. The van der Waals surface area contributed by atoms with Crippen molar-refractivity contribution in [2.75, 3.05) is 12.3 Å². The molecule has 160 valence electrons. The number of aliphatic hydroxyl groups excluding tert-OH is 2. The second-order valence-corrected chi connectivity index (χ2v) is 9.37. The third-order valence-corrected chi connectivity index (χ3v) is 6.83. The number of nitrogens with two attached hydrogens (primary N) is 1. The third kappa shape index (κ3) is 6.26. The van der Waals surface area contributed by atoms with Gasteiger partial charge in [0.2, 0.25) is 0 Å². The van der Waals surface area contributed by atoms with E-state index in [2.05, 4.69) is 18.1 Å². The molecule has 0 bridgehead atoms. The molecule has 0 spiro atoms. The molecule has 7 N–H and O–H groups in total. The van der Waals surface area contributed by atoms with Gasteiger partial charge in [-0.2, -0.15) is 9.29 Å². The van der Waals surface area contributed by atoms with E-state index in [-0.39, 0.29) is 5.82 Å². The summed E-state index contributed by atoms with van der Waals surface area (Å²) >= 11 is 0. The predicted octanol–water partition coefficient (Wildman–Crippen LogP) is -1.92. The Bertz CT molecular complexity index is 885. The summed E-state index contributed by atoms with van der Waals surface area (Å²) in [4.78, 5) is 41.1. The molecule has 1 aromatic heterocycles. The number of anilines is 1. The van der Waals surface area contributed by atoms with Crippen molar-refractivity contribution in [2.45, 2.75) is 24.5 Å². The maximum atomic E-state index is 11.8. The Morgan fingerprint density at radius 2 is 1.93 bits per heavy atom. The van der Waals surface area contributed by atoms with E-state index in [1.165, 1.54) is 6.07 Å². The van der Waals surface area contributed by atoms with Crippen LogP contribution in [0, 0.1) is 0 Å². The largest absolute Gasteiger partial charge is 0.488 e. The van der Waals surface area contributed by atoms with Gasteiger partial charge in [-0.1, -0.05) is 0 Å². The number of rotatable bonds is 8. The number of hydrogen-bond donors (Lipinski definition) is 6. The Morgan fingerprint density at radius 1 is 1.29 bits per heavy atom. The van der Waals surface area contributed by atoms with Crippen molar-refractivity contribution >= 4 is 29.7 Å². The van der Waals surface area contributed by atoms with Crippen LogP contribution in [-0.4, -0.2) is 59.4 Å². The molecule has 0 amide bonds. The van der Waals surface area contributed by atoms with Gasteiger partial charge in [-0.25, -0.2) is 18.2 Å². The maximum Gasteiger partial charge on any atom is 0.488 e. The molecule has 1 fully saturated rings. The van der Waals surface area contributed by atoms with Crippen molar-refractivity contribution in [1.29, 1.82) is 0 Å². The number of aromatic nitrogens is 2. The standard InChI is InChI=1S/C9H16N3O13P3/c10-5-1-2-12(9(15)11-5)8-7(14)6(13)4(23-8)3-22-26(16)24-28(20,21)25-27(17,18)19/h1-2,4,6-8,13-14,26H,3H2,(H,20,21)(H2,10,11,15)(H2,17,18,19)/t4-,6?,7?,8-/m1/s1. The first-order valence-corrected chi connectivity index (χ1v) is 11.4. The van der Waals surface area contributed by atoms with Crippen LogP contribution in [0.5, 0.6) is 0 Å². The minimum absolute atomic E-state index is 0.0872. The molecule has 1 aromatic rings. The molecular weight excluding hydrogens is 451 g/mol. The van der Waals surface area contributed by atoms with E-state index >= 15 is 0 Å². The van der Waals surface area contributed by atoms with Gasteiger partial charge in [0, 0.05) is 6.20 Å². The van der Waals surface area contributed by atoms with Crippen molar-refractivity contribution in [3.8, 4) is 0 Å². The number of phosphoric acid groups is 2. The summed E-state index contributed by atoms with van der Waals surface area (Å²) in [6, 6.07) is 1.24. The summed E-state index contributed by atoms with van der Waals surface area (Å²) in [7, 11) is -14.7. The second-order valence-electron chi connectivity index (χ2n) is 5.28. The molecule has 2 rings (SSSR count). The fraction of sp³-hybridized carbons (Fsp3) is 0.556. The Labute approximate surface area is 156 Å². The van der Waals surface area contributed by atoms with Gasteiger partial charge in [-0.05, 0) is 6.07 Å². The van der Waals surface area contributed by atoms with Crippen molar-refractivity contribution in [3.63, 3.8) is 0 Å². The number of nitrogens with zero attached hydrogens (tertiary/aromatic N) is 2. The monoisotopic (exact) mass is 467 g/mol. The summed E-state index contributed by atoms with van der Waals surface area (Å²) < 4.78 is 51.3. The second kappa shape index (κ2) is 8.79. The minimum Gasteiger partial charge on any atom is -0.387 e. The molecular formula is C9H16N3O13P3. The molecule has 1 aliphatic rings. The van der Waals surface area contributed by atoms with Gasteiger partial charge in [0.15, 0.2) is 6.23 Å². The molecule has 0 aromatic carbocycles. The highest BCUT2D eigenvalue weighted by Gasteiger charge is 2.44. The van der Waals surface area contributed by atoms with E-state index < -0.39 is 60.7 Å². The summed E-state index contributed by atoms with van der Waals surface area (Å²) in [5, 5.41) is 20.0. The topological polar surface area (TPSA) is 250 Å². The van der Waals surface area contributed by atoms with E-state index in [0.29, 0.717) is 0 Å². The molecule has 4 unspecified atom stereocenters. The molecule has 1 saturated heterocycles. The van der Waals surface area contributed by atoms with Crippen LogP contribution in [0.25, 0.3) is 0 Å². The number of nitrogen functional groups attached to an aromatic ring is 1. The SMILES string of the molecule is Nc1ccn([C@@H]2O[C@H](CO[PH](=O)OP(=O)(O)OP(=O)(O)O)C(O)C2O)c(=O)n1. The highest BCUT2D eigenvalue weighted by molar-refractivity contribution is 7.64. The molecule has 1 aliphatic heterocycles. The molecule has 0 radical (unpaired) electrons. The Balaban J connectivity index is 1.98. The van der Waals surface area contributed by atoms with Crippen molar-refractivity contribution < 1.29 is 56.5 Å². The van der Waals surface area contributed by atoms with E-state index in [1.807, 2.05) is 0 Å². The lowest BCUT2D eigenvalue weighted by atomic mass is 10.1. The van der Waals surface area contributed by atoms with Crippen molar-refractivity contribution in [3.05, 3.63) is 22.7 Å². The molecule has 19 heteroatoms. The van der Waals surface area contributed by atoms with Gasteiger partial charge in [-0.15, -0.1) is 0 Å². The summed E-state index contributed by atoms with van der Waals surface area (Å²) in [5.74, 6) is -0.0872. The first-order chi connectivity index (χ1) is 12.8. The number of ether oxygens (including phenoxy) is 1. The molecule has 28 heavy (non-hydrogen) atoms. The fourth-order valence-corrected chi connectivity index (χ4v) is 4.91. The van der Waals surface area contributed by atoms with Gasteiger partial charge < -0.3 is 39.9 Å². The Morgan fingerprint density at radius 3 is 2.50 bits per heavy atom. The van der Waals surface area contributed by atoms with Crippen LogP contribution in [0.3, 0.4) is 0 Å².